The van der Waals surface area contributed by atoms with E-state index in [1.54, 1.807) is 12.1 Å². The van der Waals surface area contributed by atoms with Crippen LogP contribution in [0, 0.1) is 0 Å². The summed E-state index contributed by atoms with van der Waals surface area (Å²) in [6.07, 6.45) is 0. The first-order chi connectivity index (χ1) is 7.08. The molecule has 0 atom stereocenters. The van der Waals surface area contributed by atoms with Gasteiger partial charge in [0.2, 0.25) is 0 Å². The molecule has 0 aromatic heterocycles. The number of carbonyl (C=O) groups is 1. The fourth-order valence-corrected chi connectivity index (χ4v) is 1.80. The number of carboxylic acids is 1. The first-order valence-electron chi connectivity index (χ1n) is 4.83. The molecule has 0 fully saturated rings. The normalized spacial score (nSPS) is 13.8. The van der Waals surface area contributed by atoms with Gasteiger partial charge < -0.3 is 10.0 Å². The zero-order chi connectivity index (χ0) is 11.0. The highest BCUT2D eigenvalue weighted by Gasteiger charge is 2.19. The molecule has 0 spiro atoms. The summed E-state index contributed by atoms with van der Waals surface area (Å²) in [5.74, 6) is -0.869. The molecule has 1 N–H and O–H groups in total. The molecule has 1 aromatic carbocycles. The number of nitrogens with zero attached hydrogens (tertiary/aromatic N) is 1. The van der Waals surface area contributed by atoms with Gasteiger partial charge in [-0.1, -0.05) is 12.6 Å². The van der Waals surface area contributed by atoms with Crippen LogP contribution in [0.4, 0.5) is 0 Å². The summed E-state index contributed by atoms with van der Waals surface area (Å²) in [5, 5.41) is 8.86. The summed E-state index contributed by atoms with van der Waals surface area (Å²) in [6, 6.07) is 5.30. The van der Waals surface area contributed by atoms with Crippen LogP contribution in [0.1, 0.15) is 28.4 Å². The fourth-order valence-electron chi connectivity index (χ4n) is 1.80. The van der Waals surface area contributed by atoms with Crippen molar-refractivity contribution in [2.45, 2.75) is 20.0 Å². The zero-order valence-corrected chi connectivity index (χ0v) is 8.66. The van der Waals surface area contributed by atoms with E-state index in [0.717, 1.165) is 24.4 Å². The lowest BCUT2D eigenvalue weighted by atomic mass is 10.1. The van der Waals surface area contributed by atoms with Crippen molar-refractivity contribution in [3.63, 3.8) is 0 Å². The van der Waals surface area contributed by atoms with Crippen LogP contribution in [0.2, 0.25) is 0 Å². The number of allylic oxidation sites excluding steroid dienone is 1. The highest BCUT2D eigenvalue weighted by atomic mass is 16.4. The van der Waals surface area contributed by atoms with Crippen molar-refractivity contribution < 1.29 is 9.90 Å². The summed E-state index contributed by atoms with van der Waals surface area (Å²) >= 11 is 0. The van der Waals surface area contributed by atoms with Gasteiger partial charge in [-0.25, -0.2) is 4.79 Å². The minimum absolute atomic E-state index is 0.359. The third kappa shape index (κ3) is 1.73. The molecule has 15 heavy (non-hydrogen) atoms. The third-order valence-electron chi connectivity index (χ3n) is 2.72. The van der Waals surface area contributed by atoms with E-state index in [9.17, 15) is 4.79 Å². The van der Waals surface area contributed by atoms with Crippen molar-refractivity contribution in [3.05, 3.63) is 47.2 Å². The zero-order valence-electron chi connectivity index (χ0n) is 8.66. The molecule has 3 nitrogen and oxygen atoms in total. The average Bonchev–Trinajstić information content (AvgIpc) is 2.59. The summed E-state index contributed by atoms with van der Waals surface area (Å²) in [5.41, 5.74) is 3.67. The van der Waals surface area contributed by atoms with Gasteiger partial charge in [0, 0.05) is 18.8 Å². The van der Waals surface area contributed by atoms with Gasteiger partial charge in [0.1, 0.15) is 0 Å². The van der Waals surface area contributed by atoms with E-state index in [1.807, 2.05) is 13.0 Å². The Bertz CT molecular complexity index is 437. The van der Waals surface area contributed by atoms with Crippen LogP contribution in [0.25, 0.3) is 0 Å². The molecule has 78 valence electrons. The Balaban J connectivity index is 2.31. The third-order valence-corrected chi connectivity index (χ3v) is 2.72. The molecule has 0 saturated heterocycles. The van der Waals surface area contributed by atoms with E-state index < -0.39 is 5.97 Å². The maximum absolute atomic E-state index is 10.8. The average molecular weight is 203 g/mol. The second-order valence-electron chi connectivity index (χ2n) is 3.88. The summed E-state index contributed by atoms with van der Waals surface area (Å²) in [6.45, 7) is 7.46. The molecule has 1 aromatic rings. The van der Waals surface area contributed by atoms with Crippen LogP contribution in [-0.4, -0.2) is 16.0 Å². The maximum atomic E-state index is 10.8. The molecule has 2 rings (SSSR count). The number of hydrogen-bond acceptors (Lipinski definition) is 2. The smallest absolute Gasteiger partial charge is 0.335 e. The molecular weight excluding hydrogens is 190 g/mol. The molecule has 0 unspecified atom stereocenters. The predicted molar refractivity (Wildman–Crippen MR) is 57.5 cm³/mol. The Hall–Kier alpha value is -1.77. The Morgan fingerprint density at radius 3 is 2.67 bits per heavy atom. The van der Waals surface area contributed by atoms with Crippen molar-refractivity contribution in [3.8, 4) is 0 Å². The minimum atomic E-state index is -0.869. The van der Waals surface area contributed by atoms with Gasteiger partial charge in [-0.15, -0.1) is 0 Å². The van der Waals surface area contributed by atoms with E-state index in [2.05, 4.69) is 11.5 Å². The highest BCUT2D eigenvalue weighted by molar-refractivity contribution is 5.87. The molecule has 0 radical (unpaired) electrons. The Kier molecular flexibility index (Phi) is 2.23. The first-order valence-corrected chi connectivity index (χ1v) is 4.83. The summed E-state index contributed by atoms with van der Waals surface area (Å²) < 4.78 is 0. The van der Waals surface area contributed by atoms with Crippen LogP contribution in [-0.2, 0) is 13.1 Å². The van der Waals surface area contributed by atoms with Crippen LogP contribution >= 0.6 is 0 Å². The molecule has 3 heteroatoms. The van der Waals surface area contributed by atoms with Crippen molar-refractivity contribution >= 4 is 5.97 Å². The molecule has 0 aliphatic carbocycles. The number of rotatable bonds is 2. The summed E-state index contributed by atoms with van der Waals surface area (Å²) in [7, 11) is 0. The second-order valence-corrected chi connectivity index (χ2v) is 3.88. The highest BCUT2D eigenvalue weighted by Crippen LogP contribution is 2.26. The largest absolute Gasteiger partial charge is 0.478 e. The van der Waals surface area contributed by atoms with Gasteiger partial charge in [0.15, 0.2) is 0 Å². The van der Waals surface area contributed by atoms with E-state index in [-0.39, 0.29) is 0 Å². The number of benzene rings is 1. The fraction of sp³-hybridized carbons (Fsp3) is 0.250. The molecule has 0 bridgehead atoms. The van der Waals surface area contributed by atoms with Gasteiger partial charge >= 0.3 is 5.97 Å². The molecule has 0 saturated carbocycles. The maximum Gasteiger partial charge on any atom is 0.335 e. The lowest BCUT2D eigenvalue weighted by Crippen LogP contribution is -2.12. The van der Waals surface area contributed by atoms with Gasteiger partial charge in [0.25, 0.3) is 0 Å². The lowest BCUT2D eigenvalue weighted by Gasteiger charge is -2.16. The lowest BCUT2D eigenvalue weighted by molar-refractivity contribution is 0.0697. The molecule has 1 aliphatic heterocycles. The van der Waals surface area contributed by atoms with Gasteiger partial charge in [-0.3, -0.25) is 0 Å². The summed E-state index contributed by atoms with van der Waals surface area (Å²) in [4.78, 5) is 12.9. The Morgan fingerprint density at radius 2 is 2.07 bits per heavy atom. The van der Waals surface area contributed by atoms with E-state index >= 15 is 0 Å². The topological polar surface area (TPSA) is 40.5 Å². The van der Waals surface area contributed by atoms with E-state index in [0.29, 0.717) is 5.56 Å². The molecule has 0 amide bonds. The number of fused-ring (bicyclic) bond motifs is 1. The Labute approximate surface area is 88.6 Å². The van der Waals surface area contributed by atoms with Crippen LogP contribution < -0.4 is 0 Å². The van der Waals surface area contributed by atoms with Crippen molar-refractivity contribution in [2.24, 2.45) is 0 Å². The first kappa shape index (κ1) is 9.77. The standard InChI is InChI=1S/C12H13NO2/c1-8(2)13-6-10-4-3-9(12(14)15)5-11(10)7-13/h3-5H,1,6-7H2,2H3,(H,14,15). The SMILES string of the molecule is C=C(C)N1Cc2ccc(C(=O)O)cc2C1. The number of carboxylic acid groups (broad SMARTS) is 1. The molecule has 1 aliphatic rings. The van der Waals surface area contributed by atoms with Crippen LogP contribution in [0.3, 0.4) is 0 Å². The van der Waals surface area contributed by atoms with E-state index in [4.69, 9.17) is 5.11 Å². The minimum Gasteiger partial charge on any atom is -0.478 e. The van der Waals surface area contributed by atoms with Crippen molar-refractivity contribution in [1.82, 2.24) is 4.90 Å². The van der Waals surface area contributed by atoms with Gasteiger partial charge in [-0.2, -0.15) is 0 Å². The number of aromatic carboxylic acids is 1. The molecule has 1 heterocycles. The van der Waals surface area contributed by atoms with Gasteiger partial charge in [0.05, 0.1) is 5.56 Å². The second kappa shape index (κ2) is 3.42. The number of hydrogen-bond donors (Lipinski definition) is 1. The Morgan fingerprint density at radius 1 is 1.40 bits per heavy atom. The predicted octanol–water partition coefficient (Wildman–Crippen LogP) is 2.23. The van der Waals surface area contributed by atoms with Crippen molar-refractivity contribution in [2.75, 3.05) is 0 Å². The van der Waals surface area contributed by atoms with Crippen LogP contribution in [0.15, 0.2) is 30.5 Å². The van der Waals surface area contributed by atoms with Gasteiger partial charge in [-0.05, 0) is 30.2 Å². The quantitative estimate of drug-likeness (QED) is 0.801. The molecular formula is C12H13NO2. The van der Waals surface area contributed by atoms with Crippen molar-refractivity contribution in [1.29, 1.82) is 0 Å². The monoisotopic (exact) mass is 203 g/mol. The van der Waals surface area contributed by atoms with Crippen LogP contribution in [0.5, 0.6) is 0 Å². The van der Waals surface area contributed by atoms with E-state index in [1.165, 1.54) is 5.56 Å².